The van der Waals surface area contributed by atoms with Crippen LogP contribution in [-0.2, 0) is 4.74 Å². The summed E-state index contributed by atoms with van der Waals surface area (Å²) in [4.78, 5) is 13.1. The van der Waals surface area contributed by atoms with E-state index < -0.39 is 11.7 Å². The first-order valence-electron chi connectivity index (χ1n) is 7.00. The van der Waals surface area contributed by atoms with Gasteiger partial charge in [0.15, 0.2) is 0 Å². The topological polar surface area (TPSA) is 105 Å². The molecule has 0 radical (unpaired) electrons. The highest BCUT2D eigenvalue weighted by atomic mass is 16.6. The molecule has 6 heteroatoms. The zero-order chi connectivity index (χ0) is 16.5. The second-order valence-corrected chi connectivity index (χ2v) is 4.75. The van der Waals surface area contributed by atoms with E-state index in [1.165, 1.54) is 4.90 Å². The lowest BCUT2D eigenvalue weighted by atomic mass is 10.2. The van der Waals surface area contributed by atoms with Gasteiger partial charge < -0.3 is 16.2 Å². The zero-order valence-electron chi connectivity index (χ0n) is 13.8. The number of nitrogens with two attached hydrogens (primary N) is 2. The number of carbonyl (C=O) groups excluding carboxylic acids is 1. The van der Waals surface area contributed by atoms with Crippen molar-refractivity contribution in [3.8, 4) is 0 Å². The van der Waals surface area contributed by atoms with Crippen molar-refractivity contribution in [3.05, 3.63) is 11.3 Å². The van der Waals surface area contributed by atoms with Gasteiger partial charge in [-0.1, -0.05) is 27.7 Å². The number of nitrogens with zero attached hydrogens (tertiary/aromatic N) is 1. The third-order valence-corrected chi connectivity index (χ3v) is 2.07. The van der Waals surface area contributed by atoms with Crippen molar-refractivity contribution in [3.63, 3.8) is 0 Å². The van der Waals surface area contributed by atoms with Gasteiger partial charge in [-0.25, -0.2) is 4.79 Å². The molecule has 0 spiro atoms. The Balaban J connectivity index is 0. The molecular weight excluding hydrogens is 256 g/mol. The van der Waals surface area contributed by atoms with Crippen molar-refractivity contribution in [1.29, 1.82) is 5.41 Å². The van der Waals surface area contributed by atoms with Gasteiger partial charge in [-0.3, -0.25) is 10.3 Å². The van der Waals surface area contributed by atoms with Crippen LogP contribution in [0, 0.1) is 5.41 Å². The number of hydrogen-bond donors (Lipinski definition) is 3. The Morgan fingerprint density at radius 1 is 1.20 bits per heavy atom. The van der Waals surface area contributed by atoms with Gasteiger partial charge in [-0.15, -0.1) is 0 Å². The van der Waals surface area contributed by atoms with Gasteiger partial charge in [0.2, 0.25) is 0 Å². The van der Waals surface area contributed by atoms with E-state index >= 15 is 0 Å². The molecule has 118 valence electrons. The summed E-state index contributed by atoms with van der Waals surface area (Å²) in [5.74, 6) is -0.0939. The number of amides is 1. The lowest BCUT2D eigenvalue weighted by Crippen LogP contribution is -2.36. The van der Waals surface area contributed by atoms with Crippen LogP contribution in [0.5, 0.6) is 0 Å². The van der Waals surface area contributed by atoms with Crippen LogP contribution in [0.25, 0.3) is 0 Å². The van der Waals surface area contributed by atoms with Crippen LogP contribution in [0.1, 0.15) is 48.5 Å². The number of carbonyl (C=O) groups is 1. The smallest absolute Gasteiger partial charge is 0.410 e. The monoisotopic (exact) mass is 286 g/mol. The van der Waals surface area contributed by atoms with E-state index in [1.54, 1.807) is 20.8 Å². The van der Waals surface area contributed by atoms with E-state index in [0.29, 0.717) is 11.3 Å². The summed E-state index contributed by atoms with van der Waals surface area (Å²) in [6.45, 7) is 13.9. The van der Waals surface area contributed by atoms with E-state index in [9.17, 15) is 4.79 Å². The fourth-order valence-electron chi connectivity index (χ4n) is 1.36. The van der Waals surface area contributed by atoms with Crippen LogP contribution >= 0.6 is 0 Å². The quantitative estimate of drug-likeness (QED) is 0.508. The molecule has 1 amide bonds. The van der Waals surface area contributed by atoms with Crippen LogP contribution in [-0.4, -0.2) is 35.5 Å². The summed E-state index contributed by atoms with van der Waals surface area (Å²) in [6, 6.07) is 0. The van der Waals surface area contributed by atoms with Gasteiger partial charge in [-0.2, -0.15) is 0 Å². The molecule has 0 aliphatic carbocycles. The average Bonchev–Trinajstić information content (AvgIpc) is 2.75. The maximum absolute atomic E-state index is 11.7. The molecule has 5 N–H and O–H groups in total. The summed E-state index contributed by atoms with van der Waals surface area (Å²) < 4.78 is 5.19. The number of amidine groups is 1. The van der Waals surface area contributed by atoms with Crippen molar-refractivity contribution < 1.29 is 9.53 Å². The van der Waals surface area contributed by atoms with Gasteiger partial charge in [0.1, 0.15) is 11.4 Å². The van der Waals surface area contributed by atoms with E-state index in [-0.39, 0.29) is 18.9 Å². The second-order valence-electron chi connectivity index (χ2n) is 4.75. The summed E-state index contributed by atoms with van der Waals surface area (Å²) >= 11 is 0. The first-order chi connectivity index (χ1) is 9.20. The zero-order valence-corrected chi connectivity index (χ0v) is 13.8. The van der Waals surface area contributed by atoms with Crippen molar-refractivity contribution in [2.75, 3.05) is 13.1 Å². The van der Waals surface area contributed by atoms with Crippen LogP contribution in [0.2, 0.25) is 0 Å². The Morgan fingerprint density at radius 2 is 1.65 bits per heavy atom. The molecule has 0 aromatic rings. The summed E-state index contributed by atoms with van der Waals surface area (Å²) in [5, 5.41) is 7.29. The number of ether oxygens (including phenoxy) is 1. The maximum Gasteiger partial charge on any atom is 0.410 e. The fraction of sp³-hybridized carbons (Fsp3) is 0.714. The van der Waals surface area contributed by atoms with Gasteiger partial charge in [0.05, 0.1) is 13.1 Å². The number of rotatable bonds is 1. The van der Waals surface area contributed by atoms with Gasteiger partial charge >= 0.3 is 6.09 Å². The molecule has 1 aliphatic heterocycles. The molecule has 0 fully saturated rings. The summed E-state index contributed by atoms with van der Waals surface area (Å²) in [7, 11) is 0. The van der Waals surface area contributed by atoms with Gasteiger partial charge in [0, 0.05) is 11.3 Å². The number of nitrogens with one attached hydrogen (secondary N) is 1. The van der Waals surface area contributed by atoms with E-state index in [4.69, 9.17) is 21.6 Å². The molecule has 0 saturated carbocycles. The van der Waals surface area contributed by atoms with Crippen LogP contribution in [0.15, 0.2) is 11.3 Å². The predicted molar refractivity (Wildman–Crippen MR) is 83.6 cm³/mol. The molecule has 0 unspecified atom stereocenters. The molecular formula is C14H30N4O2. The normalized spacial score (nSPS) is 13.8. The lowest BCUT2D eigenvalue weighted by Gasteiger charge is -2.24. The van der Waals surface area contributed by atoms with Crippen molar-refractivity contribution in [2.24, 2.45) is 11.5 Å². The van der Waals surface area contributed by atoms with E-state index in [2.05, 4.69) is 0 Å². The largest absolute Gasteiger partial charge is 0.444 e. The fourth-order valence-corrected chi connectivity index (χ4v) is 1.36. The molecule has 1 rings (SSSR count). The minimum atomic E-state index is -0.537. The molecule has 20 heavy (non-hydrogen) atoms. The van der Waals surface area contributed by atoms with Crippen molar-refractivity contribution in [1.82, 2.24) is 4.90 Å². The van der Waals surface area contributed by atoms with Crippen LogP contribution < -0.4 is 11.5 Å². The van der Waals surface area contributed by atoms with Gasteiger partial charge in [-0.05, 0) is 20.8 Å². The lowest BCUT2D eigenvalue weighted by molar-refractivity contribution is 0.0300. The molecule has 0 aromatic heterocycles. The predicted octanol–water partition coefficient (Wildman–Crippen LogP) is 2.44. The van der Waals surface area contributed by atoms with Crippen molar-refractivity contribution in [2.45, 2.75) is 54.1 Å². The molecule has 1 aliphatic rings. The van der Waals surface area contributed by atoms with Crippen molar-refractivity contribution >= 4 is 11.9 Å². The Bertz CT molecular complexity index is 357. The third kappa shape index (κ3) is 7.01. The molecule has 1 heterocycles. The molecule has 0 aromatic carbocycles. The van der Waals surface area contributed by atoms with Gasteiger partial charge in [0.25, 0.3) is 0 Å². The Kier molecular flexibility index (Phi) is 9.50. The number of hydrogen-bond acceptors (Lipinski definition) is 4. The summed E-state index contributed by atoms with van der Waals surface area (Å²) in [5.41, 5.74) is 11.5. The van der Waals surface area contributed by atoms with Crippen LogP contribution in [0.3, 0.4) is 0 Å². The Hall–Kier alpha value is -1.72. The first-order valence-corrected chi connectivity index (χ1v) is 7.00. The third-order valence-electron chi connectivity index (χ3n) is 2.07. The highest BCUT2D eigenvalue weighted by Crippen LogP contribution is 2.17. The Labute approximate surface area is 122 Å². The second kappa shape index (κ2) is 9.23. The SMILES string of the molecule is CC.CC.CC(C)(C)OC(=O)N1CC(N)=C(C(=N)N)C1. The van der Waals surface area contributed by atoms with E-state index in [0.717, 1.165) is 0 Å². The highest BCUT2D eigenvalue weighted by Gasteiger charge is 2.29. The molecule has 0 bridgehead atoms. The minimum Gasteiger partial charge on any atom is -0.444 e. The van der Waals surface area contributed by atoms with Crippen LogP contribution in [0.4, 0.5) is 4.79 Å². The molecule has 6 nitrogen and oxygen atoms in total. The molecule has 0 atom stereocenters. The molecule has 0 saturated heterocycles. The first kappa shape index (κ1) is 20.6. The van der Waals surface area contributed by atoms with E-state index in [1.807, 2.05) is 27.7 Å². The maximum atomic E-state index is 11.7. The average molecular weight is 286 g/mol. The highest BCUT2D eigenvalue weighted by molar-refractivity contribution is 5.96. The standard InChI is InChI=1S/C10H18N4O2.2C2H6/c1-10(2,3)16-9(15)14-4-6(8(12)13)7(11)5-14;2*1-2/h4-5,11H2,1-3H3,(H3,12,13);2*1-2H3. The minimum absolute atomic E-state index is 0.0939. The summed E-state index contributed by atoms with van der Waals surface area (Å²) in [6.07, 6.45) is -0.438. The Morgan fingerprint density at radius 3 is 1.95 bits per heavy atom.